The van der Waals surface area contributed by atoms with Crippen molar-refractivity contribution in [2.75, 3.05) is 6.54 Å². The van der Waals surface area contributed by atoms with Gasteiger partial charge < -0.3 is 14.8 Å². The van der Waals surface area contributed by atoms with Gasteiger partial charge in [-0.15, -0.1) is 0 Å². The van der Waals surface area contributed by atoms with E-state index >= 15 is 0 Å². The van der Waals surface area contributed by atoms with Gasteiger partial charge in [-0.2, -0.15) is 0 Å². The van der Waals surface area contributed by atoms with Crippen LogP contribution >= 0.6 is 11.6 Å². The molecule has 0 bridgehead atoms. The third kappa shape index (κ3) is 3.18. The average molecular weight is 298 g/mol. The quantitative estimate of drug-likeness (QED) is 0.912. The largest absolute Gasteiger partial charge is 0.466 e. The number of rotatable bonds is 4. The van der Waals surface area contributed by atoms with Gasteiger partial charge in [-0.1, -0.05) is 11.6 Å². The molecule has 2 N–H and O–H groups in total. The Hall–Kier alpha value is -1.85. The lowest BCUT2D eigenvalue weighted by Gasteiger charge is -2.21. The topological polar surface area (TPSA) is 62.5 Å². The Labute approximate surface area is 120 Å². The fourth-order valence-electron chi connectivity index (χ4n) is 1.69. The van der Waals surface area contributed by atoms with E-state index in [1.807, 2.05) is 0 Å². The SMILES string of the molecule is CC(O)(CNC(=O)c1ccc(F)cc1Cl)c1ccco1. The predicted octanol–water partition coefficient (Wildman–Crippen LogP) is 2.71. The Morgan fingerprint density at radius 1 is 1.50 bits per heavy atom. The van der Waals surface area contributed by atoms with E-state index in [4.69, 9.17) is 16.0 Å². The molecule has 1 unspecified atom stereocenters. The number of hydrogen-bond donors (Lipinski definition) is 2. The van der Waals surface area contributed by atoms with Crippen molar-refractivity contribution < 1.29 is 18.7 Å². The van der Waals surface area contributed by atoms with Crippen LogP contribution in [0.2, 0.25) is 5.02 Å². The molecular weight excluding hydrogens is 285 g/mol. The van der Waals surface area contributed by atoms with Gasteiger partial charge in [0.05, 0.1) is 23.4 Å². The molecule has 1 heterocycles. The van der Waals surface area contributed by atoms with Crippen molar-refractivity contribution >= 4 is 17.5 Å². The minimum atomic E-state index is -1.34. The van der Waals surface area contributed by atoms with Gasteiger partial charge in [-0.25, -0.2) is 4.39 Å². The van der Waals surface area contributed by atoms with Gasteiger partial charge in [0.1, 0.15) is 17.2 Å². The van der Waals surface area contributed by atoms with Crippen molar-refractivity contribution in [3.63, 3.8) is 0 Å². The smallest absolute Gasteiger partial charge is 0.252 e. The van der Waals surface area contributed by atoms with Crippen molar-refractivity contribution in [1.82, 2.24) is 5.32 Å². The molecule has 0 aliphatic rings. The van der Waals surface area contributed by atoms with Crippen molar-refractivity contribution in [2.24, 2.45) is 0 Å². The van der Waals surface area contributed by atoms with Crippen LogP contribution in [0.1, 0.15) is 23.0 Å². The van der Waals surface area contributed by atoms with E-state index in [0.29, 0.717) is 5.76 Å². The van der Waals surface area contributed by atoms with Crippen LogP contribution in [0, 0.1) is 5.82 Å². The molecule has 20 heavy (non-hydrogen) atoms. The van der Waals surface area contributed by atoms with Gasteiger partial charge in [0.15, 0.2) is 0 Å². The van der Waals surface area contributed by atoms with E-state index in [1.165, 1.54) is 19.3 Å². The van der Waals surface area contributed by atoms with Gasteiger partial charge in [0.25, 0.3) is 5.91 Å². The second kappa shape index (κ2) is 5.64. The molecule has 0 saturated carbocycles. The molecule has 1 atom stereocenters. The standard InChI is InChI=1S/C14H13ClFNO3/c1-14(19,12-3-2-6-20-12)8-17-13(18)10-5-4-9(16)7-11(10)15/h2-7,19H,8H2,1H3,(H,17,18). The summed E-state index contributed by atoms with van der Waals surface area (Å²) in [4.78, 5) is 11.9. The first-order chi connectivity index (χ1) is 9.40. The lowest BCUT2D eigenvalue weighted by Crippen LogP contribution is -2.38. The first-order valence-electron chi connectivity index (χ1n) is 5.90. The zero-order valence-electron chi connectivity index (χ0n) is 10.7. The molecule has 0 aliphatic heterocycles. The maximum Gasteiger partial charge on any atom is 0.252 e. The lowest BCUT2D eigenvalue weighted by atomic mass is 10.0. The van der Waals surface area contributed by atoms with E-state index in [-0.39, 0.29) is 17.1 Å². The van der Waals surface area contributed by atoms with Crippen LogP contribution in [0.5, 0.6) is 0 Å². The monoisotopic (exact) mass is 297 g/mol. The number of halogens is 2. The number of nitrogens with one attached hydrogen (secondary N) is 1. The average Bonchev–Trinajstić information content (AvgIpc) is 2.90. The van der Waals surface area contributed by atoms with Crippen molar-refractivity contribution in [3.8, 4) is 0 Å². The van der Waals surface area contributed by atoms with Gasteiger partial charge in [-0.05, 0) is 37.3 Å². The summed E-state index contributed by atoms with van der Waals surface area (Å²) in [5, 5.41) is 12.7. The molecule has 2 aromatic rings. The van der Waals surface area contributed by atoms with Gasteiger partial charge in [0, 0.05) is 0 Å². The Morgan fingerprint density at radius 2 is 2.25 bits per heavy atom. The van der Waals surface area contributed by atoms with Crippen LogP contribution in [0.3, 0.4) is 0 Å². The minimum absolute atomic E-state index is 0.0140. The summed E-state index contributed by atoms with van der Waals surface area (Å²) in [6, 6.07) is 6.74. The van der Waals surface area contributed by atoms with E-state index in [9.17, 15) is 14.3 Å². The molecule has 1 aromatic heterocycles. The highest BCUT2D eigenvalue weighted by molar-refractivity contribution is 6.33. The number of amides is 1. The number of hydrogen-bond acceptors (Lipinski definition) is 3. The Balaban J connectivity index is 2.05. The molecule has 0 aliphatic carbocycles. The molecule has 0 spiro atoms. The summed E-state index contributed by atoms with van der Waals surface area (Å²) >= 11 is 5.79. The maximum atomic E-state index is 12.9. The van der Waals surface area contributed by atoms with Crippen LogP contribution in [0.4, 0.5) is 4.39 Å². The number of carbonyl (C=O) groups is 1. The Kier molecular flexibility index (Phi) is 4.11. The number of benzene rings is 1. The highest BCUT2D eigenvalue weighted by Gasteiger charge is 2.27. The van der Waals surface area contributed by atoms with Crippen LogP contribution in [-0.4, -0.2) is 17.6 Å². The molecule has 1 amide bonds. The summed E-state index contributed by atoms with van der Waals surface area (Å²) in [7, 11) is 0. The first kappa shape index (κ1) is 14.6. The summed E-state index contributed by atoms with van der Waals surface area (Å²) in [5.74, 6) is -0.682. The van der Waals surface area contributed by atoms with Gasteiger partial charge in [-0.3, -0.25) is 4.79 Å². The van der Waals surface area contributed by atoms with Crippen molar-refractivity contribution in [1.29, 1.82) is 0 Å². The molecule has 4 nitrogen and oxygen atoms in total. The van der Waals surface area contributed by atoms with Gasteiger partial charge in [0.2, 0.25) is 0 Å². The highest BCUT2D eigenvalue weighted by Crippen LogP contribution is 2.21. The third-order valence-corrected chi connectivity index (χ3v) is 3.13. The summed E-state index contributed by atoms with van der Waals surface area (Å²) in [5.41, 5.74) is -1.20. The zero-order chi connectivity index (χ0) is 14.8. The molecule has 0 fully saturated rings. The first-order valence-corrected chi connectivity index (χ1v) is 6.27. The van der Waals surface area contributed by atoms with Gasteiger partial charge >= 0.3 is 0 Å². The molecule has 0 radical (unpaired) electrons. The second-order valence-corrected chi connectivity index (χ2v) is 4.97. The van der Waals surface area contributed by atoms with E-state index in [0.717, 1.165) is 12.1 Å². The molecule has 2 rings (SSSR count). The number of furan rings is 1. The highest BCUT2D eigenvalue weighted by atomic mass is 35.5. The number of carbonyl (C=O) groups excluding carboxylic acids is 1. The molecule has 6 heteroatoms. The predicted molar refractivity (Wildman–Crippen MR) is 72.0 cm³/mol. The van der Waals surface area contributed by atoms with E-state index < -0.39 is 17.3 Å². The third-order valence-electron chi connectivity index (χ3n) is 2.82. The summed E-state index contributed by atoms with van der Waals surface area (Å²) in [6.07, 6.45) is 1.43. The lowest BCUT2D eigenvalue weighted by molar-refractivity contribution is 0.0330. The van der Waals surface area contributed by atoms with E-state index in [2.05, 4.69) is 5.32 Å². The van der Waals surface area contributed by atoms with Crippen molar-refractivity contribution in [2.45, 2.75) is 12.5 Å². The zero-order valence-corrected chi connectivity index (χ0v) is 11.4. The molecule has 106 valence electrons. The molecule has 0 saturated heterocycles. The number of aliphatic hydroxyl groups is 1. The fourth-order valence-corrected chi connectivity index (χ4v) is 1.95. The van der Waals surface area contributed by atoms with Crippen LogP contribution < -0.4 is 5.32 Å². The van der Waals surface area contributed by atoms with Crippen LogP contribution in [0.15, 0.2) is 41.0 Å². The summed E-state index contributed by atoms with van der Waals surface area (Å²) in [6.45, 7) is 1.45. The normalized spacial score (nSPS) is 13.8. The molecular formula is C14H13ClFNO3. The van der Waals surface area contributed by atoms with E-state index in [1.54, 1.807) is 12.1 Å². The van der Waals surface area contributed by atoms with Crippen LogP contribution in [0.25, 0.3) is 0 Å². The second-order valence-electron chi connectivity index (χ2n) is 4.56. The maximum absolute atomic E-state index is 12.9. The summed E-state index contributed by atoms with van der Waals surface area (Å²) < 4.78 is 18.0. The minimum Gasteiger partial charge on any atom is -0.466 e. The Bertz CT molecular complexity index is 611. The van der Waals surface area contributed by atoms with Crippen molar-refractivity contribution in [3.05, 3.63) is 58.8 Å². The molecule has 1 aromatic carbocycles. The fraction of sp³-hybridized carbons (Fsp3) is 0.214. The van der Waals surface area contributed by atoms with Crippen LogP contribution in [-0.2, 0) is 5.60 Å². The Morgan fingerprint density at radius 3 is 2.85 bits per heavy atom.